The van der Waals surface area contributed by atoms with Gasteiger partial charge in [-0.2, -0.15) is 11.3 Å². The smallest absolute Gasteiger partial charge is 0.199 e. The lowest BCUT2D eigenvalue weighted by Crippen LogP contribution is -2.68. The van der Waals surface area contributed by atoms with Crippen LogP contribution in [0.2, 0.25) is 0 Å². The van der Waals surface area contributed by atoms with Crippen molar-refractivity contribution < 1.29 is 33.5 Å². The molecule has 1 aromatic heterocycles. The van der Waals surface area contributed by atoms with Crippen LogP contribution in [0.4, 0.5) is 5.69 Å². The van der Waals surface area contributed by atoms with Crippen LogP contribution >= 0.6 is 11.3 Å². The van der Waals surface area contributed by atoms with Crippen LogP contribution in [0.15, 0.2) is 71.0 Å². The molecule has 1 heterocycles. The van der Waals surface area contributed by atoms with E-state index >= 15 is 0 Å². The Balaban J connectivity index is 0.000000537. The van der Waals surface area contributed by atoms with Gasteiger partial charge in [-0.05, 0) is 63.4 Å². The summed E-state index contributed by atoms with van der Waals surface area (Å²) >= 11 is 1.74. The lowest BCUT2D eigenvalue weighted by molar-refractivity contribution is -2.00. The normalized spacial score (nSPS) is 13.1. The van der Waals surface area contributed by atoms with Crippen molar-refractivity contribution in [2.45, 2.75) is 0 Å². The molecule has 3 rings (SSSR count). The van der Waals surface area contributed by atoms with E-state index in [1.165, 1.54) is 33.7 Å². The third kappa shape index (κ3) is 7.25. The SMILES string of the molecule is CN(C)c1ccc(C(=C2C=CC(=[N+](C)C)C=C2)c2ccsc2)cc1.[O-][Cl+3]([O-])([O-])[O-]. The molecule has 0 N–H and O–H groups in total. The highest BCUT2D eigenvalue weighted by Gasteiger charge is 2.13. The Morgan fingerprint density at radius 3 is 1.83 bits per heavy atom. The summed E-state index contributed by atoms with van der Waals surface area (Å²) < 4.78 is 36.1. The van der Waals surface area contributed by atoms with Gasteiger partial charge in [0, 0.05) is 31.9 Å². The van der Waals surface area contributed by atoms with E-state index in [0.29, 0.717) is 0 Å². The summed E-state index contributed by atoms with van der Waals surface area (Å²) in [5.74, 6) is 0. The first kappa shape index (κ1) is 23.0. The molecule has 154 valence electrons. The molecule has 1 aliphatic rings. The van der Waals surface area contributed by atoms with E-state index in [0.717, 1.165) is 0 Å². The molecule has 1 aliphatic carbocycles. The minimum absolute atomic E-state index is 1.21. The molecule has 0 unspecified atom stereocenters. The van der Waals surface area contributed by atoms with Gasteiger partial charge in [0.15, 0.2) is 5.71 Å². The summed E-state index contributed by atoms with van der Waals surface area (Å²) in [4.78, 5) is 2.12. The highest BCUT2D eigenvalue weighted by molar-refractivity contribution is 7.08. The molecule has 2 aromatic rings. The van der Waals surface area contributed by atoms with Crippen LogP contribution in [0.3, 0.4) is 0 Å². The number of benzene rings is 1. The quantitative estimate of drug-likeness (QED) is 0.617. The highest BCUT2D eigenvalue weighted by Crippen LogP contribution is 2.31. The molecule has 8 heteroatoms. The fourth-order valence-electron chi connectivity index (χ4n) is 2.76. The third-order valence-electron chi connectivity index (χ3n) is 4.15. The van der Waals surface area contributed by atoms with Crippen molar-refractivity contribution in [2.75, 3.05) is 33.1 Å². The number of rotatable bonds is 3. The average molecular weight is 435 g/mol. The standard InChI is InChI=1S/C21H23N2S.ClHO4/c1-22(2)19-9-5-16(6-10-19)21(18-13-14-24-15-18)17-7-11-20(12-8-17)23(3)4;2-1(3,4)5/h5-15H,1-4H3;(H,2,3,4,5)/q+1;/p-1. The van der Waals surface area contributed by atoms with Crippen molar-refractivity contribution in [1.29, 1.82) is 0 Å². The summed E-state index contributed by atoms with van der Waals surface area (Å²) in [5, 5.41) is 4.35. The predicted molar refractivity (Wildman–Crippen MR) is 107 cm³/mol. The predicted octanol–water partition coefficient (Wildman–Crippen LogP) is -0.301. The van der Waals surface area contributed by atoms with Crippen molar-refractivity contribution in [3.05, 3.63) is 82.1 Å². The topological polar surface area (TPSA) is 98.5 Å². The van der Waals surface area contributed by atoms with Gasteiger partial charge >= 0.3 is 0 Å². The van der Waals surface area contributed by atoms with Crippen molar-refractivity contribution in [3.63, 3.8) is 0 Å². The lowest BCUT2D eigenvalue weighted by Gasteiger charge is -2.17. The molecule has 6 nitrogen and oxygen atoms in total. The summed E-state index contributed by atoms with van der Waals surface area (Å²) in [6.45, 7) is 0. The number of thiophene rings is 1. The molecular weight excluding hydrogens is 412 g/mol. The van der Waals surface area contributed by atoms with E-state index in [1.54, 1.807) is 11.3 Å². The Morgan fingerprint density at radius 1 is 0.862 bits per heavy atom. The molecule has 0 bridgehead atoms. The second kappa shape index (κ2) is 9.98. The maximum Gasteiger partial charge on any atom is 0.199 e. The van der Waals surface area contributed by atoms with Crippen molar-refractivity contribution >= 4 is 28.3 Å². The highest BCUT2D eigenvalue weighted by atomic mass is 35.7. The third-order valence-corrected chi connectivity index (χ3v) is 4.84. The number of hydrogen-bond acceptors (Lipinski definition) is 6. The average Bonchev–Trinajstić information content (AvgIpc) is 3.15. The molecular formula is C21H23ClN2O4S. The minimum Gasteiger partial charge on any atom is -0.378 e. The van der Waals surface area contributed by atoms with Crippen LogP contribution in [-0.2, 0) is 0 Å². The van der Waals surface area contributed by atoms with E-state index in [1.807, 2.05) is 0 Å². The summed E-state index contributed by atoms with van der Waals surface area (Å²) in [6, 6.07) is 11.0. The van der Waals surface area contributed by atoms with E-state index in [9.17, 15) is 0 Å². The van der Waals surface area contributed by atoms with E-state index in [4.69, 9.17) is 18.6 Å². The number of halogens is 1. The van der Waals surface area contributed by atoms with Gasteiger partial charge in [0.05, 0.1) is 0 Å². The monoisotopic (exact) mass is 434 g/mol. The van der Waals surface area contributed by atoms with Crippen LogP contribution < -0.4 is 23.5 Å². The zero-order valence-corrected chi connectivity index (χ0v) is 18.2. The Labute approximate surface area is 177 Å². The Hall–Kier alpha value is -2.26. The van der Waals surface area contributed by atoms with Crippen LogP contribution in [-0.4, -0.2) is 38.5 Å². The van der Waals surface area contributed by atoms with Crippen LogP contribution in [0.25, 0.3) is 5.57 Å². The van der Waals surface area contributed by atoms with Gasteiger partial charge in [-0.15, -0.1) is 10.2 Å². The van der Waals surface area contributed by atoms with Crippen LogP contribution in [0.5, 0.6) is 0 Å². The van der Waals surface area contributed by atoms with Crippen molar-refractivity contribution in [1.82, 2.24) is 0 Å². The van der Waals surface area contributed by atoms with Gasteiger partial charge in [-0.25, -0.2) is 23.2 Å². The largest absolute Gasteiger partial charge is 0.378 e. The van der Waals surface area contributed by atoms with E-state index < -0.39 is 10.2 Å². The van der Waals surface area contributed by atoms with Crippen LogP contribution in [0.1, 0.15) is 11.1 Å². The number of nitrogens with zero attached hydrogens (tertiary/aromatic N) is 2. The molecule has 29 heavy (non-hydrogen) atoms. The van der Waals surface area contributed by atoms with Gasteiger partial charge in [-0.3, -0.25) is 0 Å². The van der Waals surface area contributed by atoms with E-state index in [-0.39, 0.29) is 0 Å². The minimum atomic E-state index is -4.94. The lowest BCUT2D eigenvalue weighted by atomic mass is 9.92. The van der Waals surface area contributed by atoms with Crippen molar-refractivity contribution in [3.8, 4) is 0 Å². The summed E-state index contributed by atoms with van der Waals surface area (Å²) in [7, 11) is 3.33. The Bertz CT molecular complexity index is 910. The zero-order chi connectivity index (χ0) is 21.6. The molecule has 1 aromatic carbocycles. The van der Waals surface area contributed by atoms with Gasteiger partial charge in [0.1, 0.15) is 14.1 Å². The fraction of sp³-hybridized carbons (Fsp3) is 0.190. The molecule has 0 saturated carbocycles. The Kier molecular flexibility index (Phi) is 7.92. The second-order valence-electron chi connectivity index (χ2n) is 6.65. The maximum atomic E-state index is 8.49. The first-order valence-corrected chi connectivity index (χ1v) is 10.8. The molecule has 0 amide bonds. The van der Waals surface area contributed by atoms with Gasteiger partial charge in [0.25, 0.3) is 0 Å². The fourth-order valence-corrected chi connectivity index (χ4v) is 3.41. The summed E-state index contributed by atoms with van der Waals surface area (Å²) in [6.07, 6.45) is 8.77. The van der Waals surface area contributed by atoms with E-state index in [2.05, 4.69) is 103 Å². The molecule has 0 aliphatic heterocycles. The van der Waals surface area contributed by atoms with Crippen LogP contribution in [0, 0.1) is 10.2 Å². The maximum absolute atomic E-state index is 8.49. The Morgan fingerprint density at radius 2 is 1.41 bits per heavy atom. The first-order valence-electron chi connectivity index (χ1n) is 8.63. The molecule has 0 saturated heterocycles. The number of hydrogen-bond donors (Lipinski definition) is 0. The summed E-state index contributed by atoms with van der Waals surface area (Å²) in [5.41, 5.74) is 7.48. The molecule has 0 radical (unpaired) electrons. The van der Waals surface area contributed by atoms with Gasteiger partial charge in [-0.1, -0.05) is 12.1 Å². The van der Waals surface area contributed by atoms with Crippen molar-refractivity contribution in [2.24, 2.45) is 0 Å². The number of allylic oxidation sites excluding steroid dienone is 5. The van der Waals surface area contributed by atoms with Gasteiger partial charge < -0.3 is 4.90 Å². The first-order chi connectivity index (χ1) is 13.6. The number of anilines is 1. The molecule has 0 spiro atoms. The molecule has 0 fully saturated rings. The molecule has 0 atom stereocenters. The second-order valence-corrected chi connectivity index (χ2v) is 8.18. The van der Waals surface area contributed by atoms with Gasteiger partial charge in [0.2, 0.25) is 0 Å². The zero-order valence-electron chi connectivity index (χ0n) is 16.7.